The number of hydrogen-bond donors (Lipinski definition) is 2. The summed E-state index contributed by atoms with van der Waals surface area (Å²) in [6.07, 6.45) is 0.844. The highest BCUT2D eigenvalue weighted by atomic mass is 16.3. The zero-order valence-corrected chi connectivity index (χ0v) is 8.55. The molecule has 2 atom stereocenters. The number of nitrogens with zero attached hydrogens (tertiary/aromatic N) is 4. The van der Waals surface area contributed by atoms with Crippen LogP contribution in [-0.4, -0.2) is 32.0 Å². The predicted molar refractivity (Wildman–Crippen MR) is 52.1 cm³/mol. The van der Waals surface area contributed by atoms with Crippen LogP contribution in [-0.2, 0) is 7.05 Å². The highest BCUT2D eigenvalue weighted by Gasteiger charge is 2.07. The largest absolute Gasteiger partial charge is 0.391 e. The van der Waals surface area contributed by atoms with Crippen LogP contribution in [0.4, 0.5) is 5.82 Å². The van der Waals surface area contributed by atoms with E-state index in [1.165, 1.54) is 11.0 Å². The zero-order chi connectivity index (χ0) is 10.7. The first-order chi connectivity index (χ1) is 6.52. The summed E-state index contributed by atoms with van der Waals surface area (Å²) in [5, 5.41) is 13.2. The number of aromatic nitrogens is 3. The van der Waals surface area contributed by atoms with Crippen molar-refractivity contribution < 1.29 is 5.11 Å². The second-order valence-corrected chi connectivity index (χ2v) is 3.20. The van der Waals surface area contributed by atoms with Crippen LogP contribution in [0.25, 0.3) is 0 Å². The van der Waals surface area contributed by atoms with E-state index in [-0.39, 0.29) is 6.04 Å². The predicted octanol–water partition coefficient (Wildman–Crippen LogP) is -0.933. The van der Waals surface area contributed by atoms with E-state index < -0.39 is 6.10 Å². The van der Waals surface area contributed by atoms with Crippen molar-refractivity contribution in [2.75, 3.05) is 5.73 Å². The summed E-state index contributed by atoms with van der Waals surface area (Å²) in [6, 6.07) is -0.227. The van der Waals surface area contributed by atoms with Crippen LogP contribution in [0.2, 0.25) is 0 Å². The third kappa shape index (κ3) is 2.29. The zero-order valence-electron chi connectivity index (χ0n) is 8.55. The second kappa shape index (κ2) is 4.19. The molecule has 0 spiro atoms. The molecule has 0 saturated carbocycles. The molecule has 1 aromatic rings. The number of nitrogen functional groups attached to an aromatic ring is 1. The summed E-state index contributed by atoms with van der Waals surface area (Å²) in [5.41, 5.74) is 6.11. The quantitative estimate of drug-likeness (QED) is 0.640. The Bertz CT molecular complexity index is 347. The molecular weight excluding hydrogens is 182 g/mol. The molecule has 0 radical (unpaired) electrons. The first kappa shape index (κ1) is 10.6. The van der Waals surface area contributed by atoms with E-state index in [9.17, 15) is 5.11 Å². The van der Waals surface area contributed by atoms with E-state index in [2.05, 4.69) is 15.1 Å². The van der Waals surface area contributed by atoms with Gasteiger partial charge in [-0.3, -0.25) is 4.99 Å². The lowest BCUT2D eigenvalue weighted by atomic mass is 10.2. The van der Waals surface area contributed by atoms with Gasteiger partial charge in [0.25, 0.3) is 0 Å². The Balaban J connectivity index is 3.17. The first-order valence-corrected chi connectivity index (χ1v) is 4.38. The Kier molecular flexibility index (Phi) is 3.19. The second-order valence-electron chi connectivity index (χ2n) is 3.20. The van der Waals surface area contributed by atoms with Crippen molar-refractivity contribution in [2.24, 2.45) is 12.0 Å². The molecule has 0 fully saturated rings. The first-order valence-electron chi connectivity index (χ1n) is 4.38. The van der Waals surface area contributed by atoms with Gasteiger partial charge in [-0.1, -0.05) is 0 Å². The van der Waals surface area contributed by atoms with Crippen molar-refractivity contribution in [1.82, 2.24) is 14.8 Å². The van der Waals surface area contributed by atoms with E-state index in [0.29, 0.717) is 11.3 Å². The van der Waals surface area contributed by atoms with E-state index in [1.807, 2.05) is 0 Å². The van der Waals surface area contributed by atoms with Crippen LogP contribution in [0.5, 0.6) is 0 Å². The van der Waals surface area contributed by atoms with E-state index in [0.717, 1.165) is 0 Å². The Morgan fingerprint density at radius 3 is 2.71 bits per heavy atom. The van der Waals surface area contributed by atoms with E-state index >= 15 is 0 Å². The topological polar surface area (TPSA) is 89.3 Å². The molecule has 1 heterocycles. The van der Waals surface area contributed by atoms with E-state index in [4.69, 9.17) is 5.73 Å². The molecule has 0 aliphatic heterocycles. The molecule has 0 saturated heterocycles. The summed E-state index contributed by atoms with van der Waals surface area (Å²) in [5.74, 6) is 0.315. The highest BCUT2D eigenvalue weighted by Crippen LogP contribution is 1.95. The lowest BCUT2D eigenvalue weighted by Gasteiger charge is -2.09. The number of nitrogens with two attached hydrogens (primary N) is 1. The third-order valence-electron chi connectivity index (χ3n) is 1.98. The third-order valence-corrected chi connectivity index (χ3v) is 1.98. The standard InChI is InChI=1S/C8H15N5O/c1-5(6(2)14)12-8-7(9)10-4-11-13(8)3/h4-6,14H,1-3H3,(H2,9,10,11)/t5?,6-/m1/s1. The molecule has 6 heteroatoms. The van der Waals surface area contributed by atoms with Crippen molar-refractivity contribution >= 4 is 5.82 Å². The molecule has 6 nitrogen and oxygen atoms in total. The molecule has 78 valence electrons. The minimum Gasteiger partial charge on any atom is -0.391 e. The van der Waals surface area contributed by atoms with Gasteiger partial charge in [-0.05, 0) is 13.8 Å². The smallest absolute Gasteiger partial charge is 0.187 e. The molecule has 14 heavy (non-hydrogen) atoms. The van der Waals surface area contributed by atoms with Crippen LogP contribution in [0.1, 0.15) is 13.8 Å². The molecule has 0 amide bonds. The Morgan fingerprint density at radius 1 is 1.57 bits per heavy atom. The fraction of sp³-hybridized carbons (Fsp3) is 0.625. The molecule has 0 bridgehead atoms. The van der Waals surface area contributed by atoms with Crippen molar-refractivity contribution in [3.8, 4) is 0 Å². The Morgan fingerprint density at radius 2 is 2.21 bits per heavy atom. The lowest BCUT2D eigenvalue weighted by molar-refractivity contribution is 0.169. The average Bonchev–Trinajstić information content (AvgIpc) is 2.11. The van der Waals surface area contributed by atoms with Crippen molar-refractivity contribution in [2.45, 2.75) is 26.0 Å². The fourth-order valence-electron chi connectivity index (χ4n) is 0.894. The van der Waals surface area contributed by atoms with Crippen LogP contribution in [0.15, 0.2) is 11.3 Å². The Labute approximate surface area is 82.1 Å². The van der Waals surface area contributed by atoms with Gasteiger partial charge in [0.1, 0.15) is 6.33 Å². The van der Waals surface area contributed by atoms with Gasteiger partial charge in [0.15, 0.2) is 11.3 Å². The van der Waals surface area contributed by atoms with Gasteiger partial charge in [0.2, 0.25) is 0 Å². The molecule has 0 aromatic carbocycles. The van der Waals surface area contributed by atoms with Gasteiger partial charge in [0, 0.05) is 7.05 Å². The number of aliphatic hydroxyl groups excluding tert-OH is 1. The summed E-state index contributed by atoms with van der Waals surface area (Å²) in [7, 11) is 1.73. The van der Waals surface area contributed by atoms with Gasteiger partial charge in [0.05, 0.1) is 12.1 Å². The summed E-state index contributed by atoms with van der Waals surface area (Å²) >= 11 is 0. The maximum absolute atomic E-state index is 9.28. The van der Waals surface area contributed by atoms with Crippen LogP contribution < -0.4 is 11.2 Å². The summed E-state index contributed by atoms with van der Waals surface area (Å²) < 4.78 is 1.53. The van der Waals surface area contributed by atoms with Gasteiger partial charge in [-0.15, -0.1) is 0 Å². The maximum Gasteiger partial charge on any atom is 0.187 e. The molecule has 3 N–H and O–H groups in total. The minimum atomic E-state index is -0.519. The molecule has 1 aromatic heterocycles. The van der Waals surface area contributed by atoms with Gasteiger partial charge >= 0.3 is 0 Å². The van der Waals surface area contributed by atoms with Gasteiger partial charge in [-0.25, -0.2) is 9.67 Å². The van der Waals surface area contributed by atoms with Gasteiger partial charge < -0.3 is 10.8 Å². The summed E-state index contributed by atoms with van der Waals surface area (Å²) in [4.78, 5) is 8.04. The van der Waals surface area contributed by atoms with Crippen LogP contribution >= 0.6 is 0 Å². The maximum atomic E-state index is 9.28. The van der Waals surface area contributed by atoms with Crippen molar-refractivity contribution in [3.63, 3.8) is 0 Å². The monoisotopic (exact) mass is 197 g/mol. The number of anilines is 1. The summed E-state index contributed by atoms with van der Waals surface area (Å²) in [6.45, 7) is 3.48. The van der Waals surface area contributed by atoms with Crippen molar-refractivity contribution in [1.29, 1.82) is 0 Å². The average molecular weight is 197 g/mol. The minimum absolute atomic E-state index is 0.227. The number of aliphatic hydroxyl groups is 1. The fourth-order valence-corrected chi connectivity index (χ4v) is 0.894. The Hall–Kier alpha value is -1.43. The molecule has 0 aliphatic carbocycles. The molecule has 1 rings (SSSR count). The van der Waals surface area contributed by atoms with E-state index in [1.54, 1.807) is 20.9 Å². The van der Waals surface area contributed by atoms with Gasteiger partial charge in [-0.2, -0.15) is 5.10 Å². The van der Waals surface area contributed by atoms with Crippen molar-refractivity contribution in [3.05, 3.63) is 11.8 Å². The van der Waals surface area contributed by atoms with Crippen LogP contribution in [0.3, 0.4) is 0 Å². The SMILES string of the molecule is CC(N=c1c(N)ncnn1C)[C@@H](C)O. The number of aryl methyl sites for hydroxylation is 1. The normalized spacial score (nSPS) is 16.7. The number of rotatable bonds is 2. The molecule has 1 unspecified atom stereocenters. The number of hydrogen-bond acceptors (Lipinski definition) is 5. The highest BCUT2D eigenvalue weighted by molar-refractivity contribution is 5.20. The lowest BCUT2D eigenvalue weighted by Crippen LogP contribution is -2.29. The molecular formula is C8H15N5O. The molecule has 0 aliphatic rings. The van der Waals surface area contributed by atoms with Crippen LogP contribution in [0, 0.1) is 0 Å².